The molecule has 1 aromatic carbocycles. The highest BCUT2D eigenvalue weighted by atomic mass is 19.1. The van der Waals surface area contributed by atoms with Crippen molar-refractivity contribution < 1.29 is 14.1 Å². The quantitative estimate of drug-likeness (QED) is 0.637. The first-order valence-electron chi connectivity index (χ1n) is 7.92. The van der Waals surface area contributed by atoms with Crippen LogP contribution in [0.15, 0.2) is 22.8 Å². The summed E-state index contributed by atoms with van der Waals surface area (Å²) >= 11 is 0. The molecule has 0 amide bonds. The molecule has 0 aliphatic rings. The molecule has 24 heavy (non-hydrogen) atoms. The van der Waals surface area contributed by atoms with Crippen molar-refractivity contribution in [3.05, 3.63) is 29.6 Å². The van der Waals surface area contributed by atoms with E-state index in [0.717, 1.165) is 24.8 Å². The summed E-state index contributed by atoms with van der Waals surface area (Å²) in [6.45, 7) is 2.16. The number of nitrogens with one attached hydrogen (secondary N) is 1. The molecule has 0 aliphatic carbocycles. The number of nitrogens with zero attached hydrogens (tertiary/aromatic N) is 4. The van der Waals surface area contributed by atoms with Crippen LogP contribution in [0.4, 0.5) is 15.9 Å². The SMILES string of the molecule is CCCCCCc1ccc(Nc2nc3nonc3nc2O)c(F)c1. The van der Waals surface area contributed by atoms with E-state index < -0.39 is 11.7 Å². The second-order valence-electron chi connectivity index (χ2n) is 5.56. The Kier molecular flexibility index (Phi) is 4.83. The Hall–Kier alpha value is -2.77. The Morgan fingerprint density at radius 2 is 1.92 bits per heavy atom. The number of aryl methyl sites for hydroxylation is 1. The van der Waals surface area contributed by atoms with Crippen LogP contribution < -0.4 is 5.32 Å². The van der Waals surface area contributed by atoms with Gasteiger partial charge in [-0.25, -0.2) is 9.02 Å². The number of benzene rings is 1. The lowest BCUT2D eigenvalue weighted by Crippen LogP contribution is -1.99. The zero-order chi connectivity index (χ0) is 16.9. The van der Waals surface area contributed by atoms with E-state index in [1.165, 1.54) is 18.9 Å². The Balaban J connectivity index is 1.73. The monoisotopic (exact) mass is 331 g/mol. The van der Waals surface area contributed by atoms with Crippen LogP contribution in [-0.4, -0.2) is 25.4 Å². The normalized spacial score (nSPS) is 11.1. The molecule has 2 heterocycles. The summed E-state index contributed by atoms with van der Waals surface area (Å²) in [5, 5.41) is 19.6. The third-order valence-corrected chi connectivity index (χ3v) is 3.70. The molecular weight excluding hydrogens is 313 g/mol. The van der Waals surface area contributed by atoms with Gasteiger partial charge in [-0.15, -0.1) is 0 Å². The molecule has 7 nitrogen and oxygen atoms in total. The van der Waals surface area contributed by atoms with Crippen LogP contribution >= 0.6 is 0 Å². The van der Waals surface area contributed by atoms with E-state index in [4.69, 9.17) is 0 Å². The molecule has 2 N–H and O–H groups in total. The molecule has 0 unspecified atom stereocenters. The zero-order valence-corrected chi connectivity index (χ0v) is 13.3. The summed E-state index contributed by atoms with van der Waals surface area (Å²) in [6, 6.07) is 4.98. The zero-order valence-electron chi connectivity index (χ0n) is 13.3. The average Bonchev–Trinajstić information content (AvgIpc) is 3.01. The molecule has 0 atom stereocenters. The fraction of sp³-hybridized carbons (Fsp3) is 0.375. The van der Waals surface area contributed by atoms with Crippen molar-refractivity contribution in [2.75, 3.05) is 5.32 Å². The van der Waals surface area contributed by atoms with Gasteiger partial charge in [0.2, 0.25) is 11.3 Å². The summed E-state index contributed by atoms with van der Waals surface area (Å²) in [7, 11) is 0. The topological polar surface area (TPSA) is 97.0 Å². The molecule has 0 spiro atoms. The lowest BCUT2D eigenvalue weighted by atomic mass is 10.1. The number of hydrogen-bond acceptors (Lipinski definition) is 7. The van der Waals surface area contributed by atoms with Crippen molar-refractivity contribution in [2.24, 2.45) is 0 Å². The Morgan fingerprint density at radius 3 is 2.67 bits per heavy atom. The molecular formula is C16H18FN5O2. The minimum absolute atomic E-state index is 0.00667. The molecule has 0 saturated carbocycles. The fourth-order valence-electron chi connectivity index (χ4n) is 2.41. The van der Waals surface area contributed by atoms with E-state index in [-0.39, 0.29) is 22.8 Å². The number of hydrogen-bond donors (Lipinski definition) is 2. The molecule has 8 heteroatoms. The van der Waals surface area contributed by atoms with Gasteiger partial charge >= 0.3 is 0 Å². The van der Waals surface area contributed by atoms with Gasteiger partial charge in [-0.3, -0.25) is 0 Å². The van der Waals surface area contributed by atoms with Gasteiger partial charge < -0.3 is 10.4 Å². The van der Waals surface area contributed by atoms with Crippen LogP contribution in [0.3, 0.4) is 0 Å². The lowest BCUT2D eigenvalue weighted by molar-refractivity contribution is 0.314. The summed E-state index contributed by atoms with van der Waals surface area (Å²) in [5.74, 6) is -0.823. The van der Waals surface area contributed by atoms with Crippen LogP contribution in [0.1, 0.15) is 38.2 Å². The first kappa shape index (κ1) is 16.1. The smallest absolute Gasteiger partial charge is 0.257 e. The van der Waals surface area contributed by atoms with E-state index >= 15 is 0 Å². The van der Waals surface area contributed by atoms with Crippen LogP contribution in [0.25, 0.3) is 11.3 Å². The van der Waals surface area contributed by atoms with Gasteiger partial charge in [0.05, 0.1) is 5.69 Å². The van der Waals surface area contributed by atoms with E-state index in [9.17, 15) is 9.50 Å². The van der Waals surface area contributed by atoms with Gasteiger partial charge in [0, 0.05) is 0 Å². The highest BCUT2D eigenvalue weighted by molar-refractivity contribution is 5.71. The minimum Gasteiger partial charge on any atom is -0.491 e. The van der Waals surface area contributed by atoms with Gasteiger partial charge in [0.15, 0.2) is 5.82 Å². The third-order valence-electron chi connectivity index (χ3n) is 3.70. The van der Waals surface area contributed by atoms with E-state index in [2.05, 4.69) is 37.2 Å². The maximum Gasteiger partial charge on any atom is 0.257 e. The van der Waals surface area contributed by atoms with Crippen LogP contribution in [0, 0.1) is 5.82 Å². The van der Waals surface area contributed by atoms with Gasteiger partial charge in [-0.2, -0.15) is 9.97 Å². The molecule has 3 aromatic rings. The number of aromatic nitrogens is 4. The fourth-order valence-corrected chi connectivity index (χ4v) is 2.41. The Bertz CT molecular complexity index is 836. The molecule has 0 aliphatic heterocycles. The number of rotatable bonds is 7. The van der Waals surface area contributed by atoms with E-state index in [1.807, 2.05) is 6.07 Å². The van der Waals surface area contributed by atoms with Crippen LogP contribution in [0.5, 0.6) is 5.88 Å². The molecule has 2 aromatic heterocycles. The molecule has 0 bridgehead atoms. The summed E-state index contributed by atoms with van der Waals surface area (Å²) < 4.78 is 18.7. The van der Waals surface area contributed by atoms with Crippen LogP contribution in [0.2, 0.25) is 0 Å². The predicted octanol–water partition coefficient (Wildman–Crippen LogP) is 3.72. The van der Waals surface area contributed by atoms with E-state index in [0.29, 0.717) is 0 Å². The number of unbranched alkanes of at least 4 members (excludes halogenated alkanes) is 3. The highest BCUT2D eigenvalue weighted by Crippen LogP contribution is 2.26. The third kappa shape index (κ3) is 3.58. The molecule has 126 valence electrons. The van der Waals surface area contributed by atoms with Crippen molar-refractivity contribution in [3.8, 4) is 5.88 Å². The van der Waals surface area contributed by atoms with E-state index in [1.54, 1.807) is 6.07 Å². The molecule has 0 radical (unpaired) electrons. The maximum absolute atomic E-state index is 14.3. The second kappa shape index (κ2) is 7.20. The Morgan fingerprint density at radius 1 is 1.12 bits per heavy atom. The largest absolute Gasteiger partial charge is 0.491 e. The van der Waals surface area contributed by atoms with Gasteiger partial charge in [-0.1, -0.05) is 32.3 Å². The standard InChI is InChI=1S/C16H18FN5O2/c1-2-3-4-5-6-10-7-8-12(11(17)9-10)18-15-16(23)20-14-13(19-15)21-24-22-14/h7-9H,2-6H2,1H3,(H,18,19,21)(H,20,22,23). The first-order valence-corrected chi connectivity index (χ1v) is 7.92. The minimum atomic E-state index is -0.414. The number of anilines is 2. The second-order valence-corrected chi connectivity index (χ2v) is 5.56. The average molecular weight is 331 g/mol. The number of fused-ring (bicyclic) bond motifs is 1. The van der Waals surface area contributed by atoms with Gasteiger partial charge in [-0.05, 0) is 40.9 Å². The summed E-state index contributed by atoms with van der Waals surface area (Å²) in [5.41, 5.74) is 1.36. The van der Waals surface area contributed by atoms with Crippen LogP contribution in [-0.2, 0) is 6.42 Å². The molecule has 0 fully saturated rings. The number of halogens is 1. The Labute approximate surface area is 137 Å². The first-order chi connectivity index (χ1) is 11.7. The van der Waals surface area contributed by atoms with Crippen molar-refractivity contribution in [2.45, 2.75) is 39.0 Å². The molecule has 3 rings (SSSR count). The maximum atomic E-state index is 14.3. The van der Waals surface area contributed by atoms with Gasteiger partial charge in [0.25, 0.3) is 5.88 Å². The van der Waals surface area contributed by atoms with Crippen molar-refractivity contribution in [1.29, 1.82) is 0 Å². The lowest BCUT2D eigenvalue weighted by Gasteiger charge is -2.09. The molecule has 0 saturated heterocycles. The van der Waals surface area contributed by atoms with Crippen molar-refractivity contribution in [3.63, 3.8) is 0 Å². The summed E-state index contributed by atoms with van der Waals surface area (Å²) in [4.78, 5) is 7.78. The van der Waals surface area contributed by atoms with Crippen molar-refractivity contribution >= 4 is 22.8 Å². The number of aromatic hydroxyl groups is 1. The van der Waals surface area contributed by atoms with Crippen molar-refractivity contribution in [1.82, 2.24) is 20.3 Å². The predicted molar refractivity (Wildman–Crippen MR) is 86.6 cm³/mol. The highest BCUT2D eigenvalue weighted by Gasteiger charge is 2.13. The van der Waals surface area contributed by atoms with Gasteiger partial charge in [0.1, 0.15) is 5.82 Å². The summed E-state index contributed by atoms with van der Waals surface area (Å²) in [6.07, 6.45) is 5.40.